The summed E-state index contributed by atoms with van der Waals surface area (Å²) in [6.45, 7) is 2.04. The highest BCUT2D eigenvalue weighted by molar-refractivity contribution is 7.91. The van der Waals surface area contributed by atoms with Gasteiger partial charge in [-0.05, 0) is 47.5 Å². The summed E-state index contributed by atoms with van der Waals surface area (Å²) in [7, 11) is -3.78. The lowest BCUT2D eigenvalue weighted by Gasteiger charge is -2.18. The van der Waals surface area contributed by atoms with Gasteiger partial charge in [-0.3, -0.25) is 4.79 Å². The minimum absolute atomic E-state index is 0.186. The van der Waals surface area contributed by atoms with E-state index in [1.165, 1.54) is 6.07 Å². The first-order valence-electron chi connectivity index (χ1n) is 8.97. The molecule has 2 aromatic carbocycles. The number of sulfonamides is 1. The highest BCUT2D eigenvalue weighted by atomic mass is 32.2. The van der Waals surface area contributed by atoms with Crippen molar-refractivity contribution in [2.75, 3.05) is 5.32 Å². The van der Waals surface area contributed by atoms with Gasteiger partial charge in [0.15, 0.2) is 0 Å². The Morgan fingerprint density at radius 2 is 1.75 bits per heavy atom. The lowest BCUT2D eigenvalue weighted by atomic mass is 10.1. The average molecular weight is 415 g/mol. The maximum Gasteiger partial charge on any atom is 0.250 e. The van der Waals surface area contributed by atoms with Crippen molar-refractivity contribution in [2.45, 2.75) is 30.0 Å². The van der Waals surface area contributed by atoms with Gasteiger partial charge in [-0.15, -0.1) is 11.3 Å². The molecule has 0 saturated carbocycles. The van der Waals surface area contributed by atoms with Gasteiger partial charge in [0.05, 0.1) is 0 Å². The standard InChI is InChI=1S/C21H22N2O3S2/c1-2-16-10-6-11-18(14-16)22-21(24)19(15-17-8-4-3-5-9-17)23-28(25,26)20-12-7-13-27-20/h3-14,19,23H,2,15H2,1H3,(H,22,24)/t19-/m1/s1. The Bertz CT molecular complexity index is 1020. The largest absolute Gasteiger partial charge is 0.325 e. The Balaban J connectivity index is 1.83. The molecule has 0 aliphatic heterocycles. The quantitative estimate of drug-likeness (QED) is 0.588. The van der Waals surface area contributed by atoms with Crippen LogP contribution in [0.5, 0.6) is 0 Å². The van der Waals surface area contributed by atoms with Gasteiger partial charge in [-0.1, -0.05) is 55.5 Å². The fourth-order valence-electron chi connectivity index (χ4n) is 2.80. The second kappa shape index (κ2) is 9.14. The SMILES string of the molecule is CCc1cccc(NC(=O)[C@@H](Cc2ccccc2)NS(=O)(=O)c2cccs2)c1. The van der Waals surface area contributed by atoms with Crippen LogP contribution >= 0.6 is 11.3 Å². The molecule has 3 rings (SSSR count). The highest BCUT2D eigenvalue weighted by Gasteiger charge is 2.26. The van der Waals surface area contributed by atoms with Crippen LogP contribution in [0.4, 0.5) is 5.69 Å². The van der Waals surface area contributed by atoms with Crippen molar-refractivity contribution in [3.05, 3.63) is 83.2 Å². The topological polar surface area (TPSA) is 75.3 Å². The molecule has 0 bridgehead atoms. The number of anilines is 1. The molecular formula is C21H22N2O3S2. The van der Waals surface area contributed by atoms with Gasteiger partial charge in [0, 0.05) is 5.69 Å². The third-order valence-electron chi connectivity index (χ3n) is 4.26. The fraction of sp³-hybridized carbons (Fsp3) is 0.190. The Kier molecular flexibility index (Phi) is 6.61. The van der Waals surface area contributed by atoms with Crippen molar-refractivity contribution < 1.29 is 13.2 Å². The number of amides is 1. The van der Waals surface area contributed by atoms with Crippen LogP contribution in [0.25, 0.3) is 0 Å². The Labute approximate surface area is 169 Å². The van der Waals surface area contributed by atoms with E-state index in [4.69, 9.17) is 0 Å². The highest BCUT2D eigenvalue weighted by Crippen LogP contribution is 2.18. The van der Waals surface area contributed by atoms with Gasteiger partial charge in [-0.25, -0.2) is 8.42 Å². The molecule has 0 radical (unpaired) electrons. The summed E-state index contributed by atoms with van der Waals surface area (Å²) in [5, 5.41) is 4.53. The molecule has 5 nitrogen and oxygen atoms in total. The van der Waals surface area contributed by atoms with E-state index in [1.807, 2.05) is 55.5 Å². The van der Waals surface area contributed by atoms with Crippen molar-refractivity contribution in [2.24, 2.45) is 0 Å². The molecule has 0 spiro atoms. The van der Waals surface area contributed by atoms with E-state index in [1.54, 1.807) is 17.5 Å². The molecule has 1 atom stereocenters. The van der Waals surface area contributed by atoms with E-state index in [0.717, 1.165) is 28.9 Å². The molecular weight excluding hydrogens is 392 g/mol. The van der Waals surface area contributed by atoms with Gasteiger partial charge < -0.3 is 5.32 Å². The van der Waals surface area contributed by atoms with E-state index in [0.29, 0.717) is 5.69 Å². The number of hydrogen-bond donors (Lipinski definition) is 2. The second-order valence-electron chi connectivity index (χ2n) is 6.34. The Morgan fingerprint density at radius 1 is 1.00 bits per heavy atom. The molecule has 1 aromatic heterocycles. The fourth-order valence-corrected chi connectivity index (χ4v) is 5.00. The molecule has 146 valence electrons. The number of carbonyl (C=O) groups excluding carboxylic acids is 1. The number of aryl methyl sites for hydroxylation is 1. The van der Waals surface area contributed by atoms with Crippen LogP contribution in [0.3, 0.4) is 0 Å². The maximum atomic E-state index is 12.9. The average Bonchev–Trinajstić information content (AvgIpc) is 3.24. The van der Waals surface area contributed by atoms with E-state index < -0.39 is 22.0 Å². The van der Waals surface area contributed by atoms with Gasteiger partial charge in [0.1, 0.15) is 10.3 Å². The maximum absolute atomic E-state index is 12.9. The van der Waals surface area contributed by atoms with Crippen LogP contribution in [-0.4, -0.2) is 20.4 Å². The van der Waals surface area contributed by atoms with Crippen LogP contribution in [0, 0.1) is 0 Å². The minimum Gasteiger partial charge on any atom is -0.325 e. The van der Waals surface area contributed by atoms with Crippen LogP contribution in [0.15, 0.2) is 76.3 Å². The molecule has 7 heteroatoms. The van der Waals surface area contributed by atoms with Gasteiger partial charge in [0.25, 0.3) is 10.0 Å². The van der Waals surface area contributed by atoms with E-state index in [-0.39, 0.29) is 10.6 Å². The predicted molar refractivity (Wildman–Crippen MR) is 113 cm³/mol. The normalized spacial score (nSPS) is 12.5. The summed E-state index contributed by atoms with van der Waals surface area (Å²) < 4.78 is 28.1. The van der Waals surface area contributed by atoms with Crippen LogP contribution in [0.2, 0.25) is 0 Å². The van der Waals surface area contributed by atoms with Crippen LogP contribution < -0.4 is 10.0 Å². The zero-order valence-electron chi connectivity index (χ0n) is 15.5. The molecule has 2 N–H and O–H groups in total. The minimum atomic E-state index is -3.78. The zero-order chi connectivity index (χ0) is 20.0. The predicted octanol–water partition coefficient (Wildman–Crippen LogP) is 3.84. The molecule has 0 fully saturated rings. The molecule has 0 aliphatic rings. The van der Waals surface area contributed by atoms with Crippen molar-refractivity contribution in [3.8, 4) is 0 Å². The summed E-state index contributed by atoms with van der Waals surface area (Å²) in [4.78, 5) is 12.9. The summed E-state index contributed by atoms with van der Waals surface area (Å²) in [5.74, 6) is -0.391. The summed E-state index contributed by atoms with van der Waals surface area (Å²) in [6, 6.07) is 19.2. The molecule has 28 heavy (non-hydrogen) atoms. The summed E-state index contributed by atoms with van der Waals surface area (Å²) in [6.07, 6.45) is 1.10. The second-order valence-corrected chi connectivity index (χ2v) is 9.23. The monoisotopic (exact) mass is 414 g/mol. The molecule has 1 heterocycles. The van der Waals surface area contributed by atoms with Crippen molar-refractivity contribution in [1.82, 2.24) is 4.72 Å². The number of hydrogen-bond acceptors (Lipinski definition) is 4. The molecule has 0 saturated heterocycles. The third-order valence-corrected chi connectivity index (χ3v) is 7.13. The summed E-state index contributed by atoms with van der Waals surface area (Å²) >= 11 is 1.12. The molecule has 3 aromatic rings. The molecule has 0 aliphatic carbocycles. The number of nitrogens with one attached hydrogen (secondary N) is 2. The number of rotatable bonds is 8. The first-order valence-corrected chi connectivity index (χ1v) is 11.3. The zero-order valence-corrected chi connectivity index (χ0v) is 17.1. The van der Waals surface area contributed by atoms with Gasteiger partial charge >= 0.3 is 0 Å². The van der Waals surface area contributed by atoms with E-state index in [9.17, 15) is 13.2 Å². The van der Waals surface area contributed by atoms with Crippen molar-refractivity contribution in [1.29, 1.82) is 0 Å². The lowest BCUT2D eigenvalue weighted by molar-refractivity contribution is -0.117. The lowest BCUT2D eigenvalue weighted by Crippen LogP contribution is -2.45. The Hall–Kier alpha value is -2.48. The van der Waals surface area contributed by atoms with Crippen molar-refractivity contribution in [3.63, 3.8) is 0 Å². The smallest absolute Gasteiger partial charge is 0.250 e. The van der Waals surface area contributed by atoms with Gasteiger partial charge in [-0.2, -0.15) is 4.72 Å². The number of thiophene rings is 1. The first-order chi connectivity index (χ1) is 13.5. The van der Waals surface area contributed by atoms with Crippen LogP contribution in [0.1, 0.15) is 18.1 Å². The number of benzene rings is 2. The van der Waals surface area contributed by atoms with Crippen molar-refractivity contribution >= 4 is 33.0 Å². The first kappa shape index (κ1) is 20.3. The van der Waals surface area contributed by atoms with E-state index in [2.05, 4.69) is 10.0 Å². The molecule has 1 amide bonds. The van der Waals surface area contributed by atoms with Gasteiger partial charge in [0.2, 0.25) is 5.91 Å². The van der Waals surface area contributed by atoms with Crippen LogP contribution in [-0.2, 0) is 27.7 Å². The third kappa shape index (κ3) is 5.28. The number of carbonyl (C=O) groups is 1. The molecule has 0 unspecified atom stereocenters. The summed E-state index contributed by atoms with van der Waals surface area (Å²) in [5.41, 5.74) is 2.62. The van der Waals surface area contributed by atoms with E-state index >= 15 is 0 Å². The Morgan fingerprint density at radius 3 is 2.43 bits per heavy atom.